The van der Waals surface area contributed by atoms with E-state index in [0.29, 0.717) is 12.8 Å². The molecular formula is C18H24N4OS2. The molecule has 5 nitrogen and oxygen atoms in total. The second-order valence-corrected chi connectivity index (χ2v) is 9.03. The lowest BCUT2D eigenvalue weighted by atomic mass is 10.0. The molecule has 2 atom stereocenters. The van der Waals surface area contributed by atoms with E-state index in [9.17, 15) is 4.79 Å². The average Bonchev–Trinajstić information content (AvgIpc) is 3.33. The van der Waals surface area contributed by atoms with Crippen LogP contribution in [0.2, 0.25) is 0 Å². The van der Waals surface area contributed by atoms with Crippen molar-refractivity contribution < 1.29 is 4.79 Å². The molecule has 3 rings (SSSR count). The summed E-state index contributed by atoms with van der Waals surface area (Å²) in [6, 6.07) is 9.96. The van der Waals surface area contributed by atoms with Crippen LogP contribution in [0.1, 0.15) is 49.5 Å². The monoisotopic (exact) mass is 376 g/mol. The number of amides is 1. The molecule has 0 radical (unpaired) electrons. The van der Waals surface area contributed by atoms with Gasteiger partial charge in [-0.3, -0.25) is 9.89 Å². The van der Waals surface area contributed by atoms with E-state index in [1.54, 1.807) is 0 Å². The molecule has 1 fully saturated rings. The van der Waals surface area contributed by atoms with E-state index in [0.717, 1.165) is 29.5 Å². The molecule has 25 heavy (non-hydrogen) atoms. The molecule has 2 N–H and O–H groups in total. The van der Waals surface area contributed by atoms with Gasteiger partial charge >= 0.3 is 0 Å². The summed E-state index contributed by atoms with van der Waals surface area (Å²) in [5.41, 5.74) is 1.09. The van der Waals surface area contributed by atoms with Gasteiger partial charge in [0, 0.05) is 23.8 Å². The maximum absolute atomic E-state index is 12.4. The summed E-state index contributed by atoms with van der Waals surface area (Å²) in [6.45, 7) is 0. The Balaban J connectivity index is 1.47. The van der Waals surface area contributed by atoms with Crippen LogP contribution in [0.4, 0.5) is 0 Å². The van der Waals surface area contributed by atoms with Crippen LogP contribution in [0, 0.1) is 0 Å². The molecular weight excluding hydrogens is 352 g/mol. The summed E-state index contributed by atoms with van der Waals surface area (Å²) in [6.07, 6.45) is 7.33. The summed E-state index contributed by atoms with van der Waals surface area (Å²) in [5.74, 6) is 2.17. The van der Waals surface area contributed by atoms with Gasteiger partial charge in [-0.15, -0.1) is 0 Å². The summed E-state index contributed by atoms with van der Waals surface area (Å²) in [5, 5.41) is 10.7. The Hall–Kier alpha value is -1.47. The van der Waals surface area contributed by atoms with Gasteiger partial charge in [-0.1, -0.05) is 58.3 Å². The number of aromatic amines is 1. The molecule has 134 valence electrons. The fourth-order valence-electron chi connectivity index (χ4n) is 2.95. The minimum atomic E-state index is -0.0802. The molecule has 0 spiro atoms. The molecule has 0 aliphatic carbocycles. The molecule has 2 unspecified atom stereocenters. The molecule has 1 aromatic heterocycles. The lowest BCUT2D eigenvalue weighted by Crippen LogP contribution is -2.30. The molecule has 7 heteroatoms. The van der Waals surface area contributed by atoms with E-state index >= 15 is 0 Å². The van der Waals surface area contributed by atoms with E-state index in [4.69, 9.17) is 0 Å². The van der Waals surface area contributed by atoms with Crippen LogP contribution < -0.4 is 5.32 Å². The summed E-state index contributed by atoms with van der Waals surface area (Å²) in [7, 11) is 3.99. The van der Waals surface area contributed by atoms with Crippen molar-refractivity contribution in [3.63, 3.8) is 0 Å². The van der Waals surface area contributed by atoms with E-state index in [2.05, 4.69) is 20.5 Å². The first kappa shape index (κ1) is 18.3. The van der Waals surface area contributed by atoms with Gasteiger partial charge in [0.05, 0.1) is 6.04 Å². The van der Waals surface area contributed by atoms with Gasteiger partial charge in [0.25, 0.3) is 0 Å². The summed E-state index contributed by atoms with van der Waals surface area (Å²) >= 11 is 0. The zero-order valence-electron chi connectivity index (χ0n) is 14.2. The van der Waals surface area contributed by atoms with Crippen molar-refractivity contribution in [1.82, 2.24) is 20.5 Å². The smallest absolute Gasteiger partial charge is 0.220 e. The van der Waals surface area contributed by atoms with Gasteiger partial charge in [-0.05, 0) is 24.8 Å². The Kier molecular flexibility index (Phi) is 7.23. The predicted molar refractivity (Wildman–Crippen MR) is 104 cm³/mol. The summed E-state index contributed by atoms with van der Waals surface area (Å²) < 4.78 is 0. The average molecular weight is 377 g/mol. The highest BCUT2D eigenvalue weighted by Crippen LogP contribution is 2.39. The van der Waals surface area contributed by atoms with Crippen LogP contribution in [0.3, 0.4) is 0 Å². The fourth-order valence-corrected chi connectivity index (χ4v) is 5.98. The molecule has 1 aromatic carbocycles. The van der Waals surface area contributed by atoms with Crippen molar-refractivity contribution in [2.24, 2.45) is 0 Å². The van der Waals surface area contributed by atoms with Crippen LogP contribution in [0.15, 0.2) is 36.7 Å². The number of nitrogens with one attached hydrogen (secondary N) is 2. The minimum absolute atomic E-state index is 0.0802. The number of unbranched alkanes of at least 4 members (excludes halogenated alkanes) is 1. The van der Waals surface area contributed by atoms with Crippen molar-refractivity contribution in [3.8, 4) is 0 Å². The van der Waals surface area contributed by atoms with Crippen LogP contribution in [-0.4, -0.2) is 32.1 Å². The molecule has 1 aliphatic heterocycles. The first-order valence-corrected chi connectivity index (χ1v) is 11.2. The third-order valence-corrected chi connectivity index (χ3v) is 7.31. The molecule has 1 amide bonds. The zero-order valence-corrected chi connectivity index (χ0v) is 15.8. The maximum Gasteiger partial charge on any atom is 0.220 e. The number of nitrogens with zero attached hydrogens (tertiary/aromatic N) is 2. The van der Waals surface area contributed by atoms with Crippen LogP contribution in [0.25, 0.3) is 0 Å². The van der Waals surface area contributed by atoms with Crippen LogP contribution >= 0.6 is 21.6 Å². The Morgan fingerprint density at radius 2 is 2.20 bits per heavy atom. The second kappa shape index (κ2) is 9.87. The lowest BCUT2D eigenvalue weighted by molar-refractivity contribution is -0.122. The maximum atomic E-state index is 12.4. The predicted octanol–water partition coefficient (Wildman–Crippen LogP) is 3.92. The highest BCUT2D eigenvalue weighted by atomic mass is 33.1. The number of H-pyrrole nitrogens is 1. The van der Waals surface area contributed by atoms with Gasteiger partial charge < -0.3 is 5.32 Å². The van der Waals surface area contributed by atoms with Crippen molar-refractivity contribution in [2.45, 2.75) is 49.8 Å². The van der Waals surface area contributed by atoms with Crippen molar-refractivity contribution in [2.75, 3.05) is 5.75 Å². The third-order valence-electron chi connectivity index (χ3n) is 4.31. The van der Waals surface area contributed by atoms with Crippen LogP contribution in [-0.2, 0) is 11.2 Å². The quantitative estimate of drug-likeness (QED) is 0.513. The third kappa shape index (κ3) is 6.08. The zero-order chi connectivity index (χ0) is 17.3. The largest absolute Gasteiger partial charge is 0.349 e. The normalized spacial score (nSPS) is 18.2. The second-order valence-electron chi connectivity index (χ2n) is 6.24. The number of carbonyl (C=O) groups is 1. The minimum Gasteiger partial charge on any atom is -0.349 e. The number of benzene rings is 1. The van der Waals surface area contributed by atoms with Gasteiger partial charge in [0.1, 0.15) is 12.2 Å². The van der Waals surface area contributed by atoms with E-state index in [1.807, 2.05) is 51.9 Å². The number of rotatable bonds is 9. The van der Waals surface area contributed by atoms with Crippen LogP contribution in [0.5, 0.6) is 0 Å². The molecule has 2 heterocycles. The first-order valence-electron chi connectivity index (χ1n) is 8.78. The van der Waals surface area contributed by atoms with Crippen molar-refractivity contribution in [3.05, 3.63) is 48.0 Å². The Bertz CT molecular complexity index is 630. The number of hydrogen-bond donors (Lipinski definition) is 2. The van der Waals surface area contributed by atoms with Gasteiger partial charge in [0.15, 0.2) is 0 Å². The van der Waals surface area contributed by atoms with Gasteiger partial charge in [-0.2, -0.15) is 5.10 Å². The molecule has 0 bridgehead atoms. The summed E-state index contributed by atoms with van der Waals surface area (Å²) in [4.78, 5) is 16.6. The molecule has 0 saturated carbocycles. The highest BCUT2D eigenvalue weighted by molar-refractivity contribution is 8.77. The topological polar surface area (TPSA) is 70.7 Å². The number of hydrogen-bond acceptors (Lipinski definition) is 5. The Morgan fingerprint density at radius 3 is 2.92 bits per heavy atom. The van der Waals surface area contributed by atoms with E-state index in [1.165, 1.54) is 24.9 Å². The molecule has 2 aromatic rings. The fraction of sp³-hybridized carbons (Fsp3) is 0.500. The first-order chi connectivity index (χ1) is 12.3. The van der Waals surface area contributed by atoms with Gasteiger partial charge in [-0.25, -0.2) is 4.98 Å². The standard InChI is InChI=1S/C18H24N4OS2/c23-18(9-5-4-8-15-10-11-24-25-15)21-16(12-17-19-13-20-22-17)14-6-2-1-3-7-14/h1-3,6-7,13,15-16H,4-5,8-12H2,(H,21,23)(H,19,20,22). The Labute approximate surface area is 156 Å². The SMILES string of the molecule is O=C(CCCCC1CCSS1)NC(Cc1ncn[nH]1)c1ccccc1. The van der Waals surface area contributed by atoms with Gasteiger partial charge in [0.2, 0.25) is 5.91 Å². The highest BCUT2D eigenvalue weighted by Gasteiger charge is 2.18. The van der Waals surface area contributed by atoms with Crippen molar-refractivity contribution in [1.29, 1.82) is 0 Å². The number of aromatic nitrogens is 3. The van der Waals surface area contributed by atoms with E-state index in [-0.39, 0.29) is 11.9 Å². The Morgan fingerprint density at radius 1 is 1.32 bits per heavy atom. The molecule has 1 saturated heterocycles. The van der Waals surface area contributed by atoms with Crippen molar-refractivity contribution >= 4 is 27.5 Å². The van der Waals surface area contributed by atoms with E-state index < -0.39 is 0 Å². The molecule has 1 aliphatic rings. The number of carbonyl (C=O) groups excluding carboxylic acids is 1. The lowest BCUT2D eigenvalue weighted by Gasteiger charge is -2.18.